The van der Waals surface area contributed by atoms with Crippen molar-refractivity contribution >= 4 is 26.5 Å². The number of nitrogens with zero attached hydrogens (tertiary/aromatic N) is 2. The van der Waals surface area contributed by atoms with Crippen LogP contribution < -0.4 is 16.7 Å². The second-order valence-electron chi connectivity index (χ2n) is 6.06. The summed E-state index contributed by atoms with van der Waals surface area (Å²) in [6.45, 7) is 4.44. The minimum absolute atomic E-state index is 0.302. The lowest BCUT2D eigenvalue weighted by atomic mass is 9.96. The minimum Gasteiger partial charge on any atom is -0.383 e. The number of nitrogens with two attached hydrogens (primary N) is 2. The Hall–Kier alpha value is -1.88. The Kier molecular flexibility index (Phi) is 3.67. The van der Waals surface area contributed by atoms with Crippen LogP contribution in [0.2, 0.25) is 5.54 Å². The monoisotopic (exact) mass is 298 g/mol. The Balaban J connectivity index is 1.82. The number of fused-ring (bicyclic) bond motifs is 1. The third-order valence-corrected chi connectivity index (χ3v) is 7.13. The predicted octanol–water partition coefficient (Wildman–Crippen LogP) is 1.03. The van der Waals surface area contributed by atoms with E-state index in [-0.39, 0.29) is 9.52 Å². The number of hydrogen-bond acceptors (Lipinski definition) is 4. The molecule has 0 saturated carbocycles. The van der Waals surface area contributed by atoms with E-state index < -0.39 is 0 Å². The van der Waals surface area contributed by atoms with E-state index in [0.29, 0.717) is 11.8 Å². The maximum atomic E-state index is 6.04. The van der Waals surface area contributed by atoms with Crippen molar-refractivity contribution < 1.29 is 0 Å². The molecule has 0 spiro atoms. The third kappa shape index (κ3) is 2.78. The lowest BCUT2D eigenvalue weighted by Crippen LogP contribution is -2.27. The maximum absolute atomic E-state index is 6.04. The molecule has 0 fully saturated rings. The minimum atomic E-state index is -0.315. The first kappa shape index (κ1) is 14.1. The number of aromatic nitrogens is 2. The maximum Gasteiger partial charge on any atom is 0.222 e. The van der Waals surface area contributed by atoms with Crippen molar-refractivity contribution in [3.05, 3.63) is 40.6 Å². The first-order chi connectivity index (χ1) is 10.0. The Bertz CT molecular complexity index is 684. The molecule has 1 aliphatic carbocycles. The number of aryl methyl sites for hydroxylation is 2. The van der Waals surface area contributed by atoms with Crippen molar-refractivity contribution in [2.45, 2.75) is 38.7 Å². The first-order valence-electron chi connectivity index (χ1n) is 7.50. The van der Waals surface area contributed by atoms with E-state index in [1.54, 1.807) is 5.19 Å². The number of rotatable bonds is 2. The summed E-state index contributed by atoms with van der Waals surface area (Å²) < 4.78 is 0. The van der Waals surface area contributed by atoms with Crippen molar-refractivity contribution in [3.63, 3.8) is 0 Å². The normalized spacial score (nSPS) is 18.1. The summed E-state index contributed by atoms with van der Waals surface area (Å²) in [7, 11) is -0.315. The molecule has 110 valence electrons. The molecule has 1 aromatic carbocycles. The summed E-state index contributed by atoms with van der Waals surface area (Å²) in [6, 6.07) is 6.67. The van der Waals surface area contributed by atoms with Gasteiger partial charge in [0.05, 0.1) is 15.2 Å². The van der Waals surface area contributed by atoms with Gasteiger partial charge >= 0.3 is 0 Å². The quantitative estimate of drug-likeness (QED) is 0.812. The van der Waals surface area contributed by atoms with Gasteiger partial charge in [0.15, 0.2) is 0 Å². The van der Waals surface area contributed by atoms with Crippen LogP contribution in [0.5, 0.6) is 0 Å². The van der Waals surface area contributed by atoms with E-state index in [4.69, 9.17) is 11.5 Å². The van der Waals surface area contributed by atoms with E-state index in [1.807, 2.05) is 0 Å². The van der Waals surface area contributed by atoms with Gasteiger partial charge in [0.1, 0.15) is 5.82 Å². The highest BCUT2D eigenvalue weighted by Gasteiger charge is 2.23. The standard InChI is InChI=1S/C16H22N4Si/c1-9-4-3-5-14(10(9)2)21-11-6-7-13-12(8-11)15(17)20-16(18)19-13/h3-5,11H,6-8,21H2,1-2H3,(H4,17,18,19,20). The Morgan fingerprint density at radius 2 is 2.00 bits per heavy atom. The van der Waals surface area contributed by atoms with Gasteiger partial charge in [0.25, 0.3) is 0 Å². The zero-order valence-corrected chi connectivity index (χ0v) is 14.1. The summed E-state index contributed by atoms with van der Waals surface area (Å²) >= 11 is 0. The van der Waals surface area contributed by atoms with Gasteiger partial charge in [-0.3, -0.25) is 0 Å². The fourth-order valence-corrected chi connectivity index (χ4v) is 5.57. The van der Waals surface area contributed by atoms with Crippen LogP contribution in [-0.2, 0) is 12.8 Å². The summed E-state index contributed by atoms with van der Waals surface area (Å²) in [5.74, 6) is 0.883. The highest BCUT2D eigenvalue weighted by atomic mass is 28.2. The van der Waals surface area contributed by atoms with Gasteiger partial charge in [-0.15, -0.1) is 0 Å². The topological polar surface area (TPSA) is 77.8 Å². The highest BCUT2D eigenvalue weighted by Crippen LogP contribution is 2.31. The fourth-order valence-electron chi connectivity index (χ4n) is 3.25. The third-order valence-electron chi connectivity index (χ3n) is 4.65. The van der Waals surface area contributed by atoms with Crippen LogP contribution in [0.3, 0.4) is 0 Å². The molecule has 21 heavy (non-hydrogen) atoms. The van der Waals surface area contributed by atoms with Crippen molar-refractivity contribution in [2.24, 2.45) is 0 Å². The second kappa shape index (κ2) is 5.48. The van der Waals surface area contributed by atoms with Gasteiger partial charge in [-0.2, -0.15) is 4.98 Å². The smallest absolute Gasteiger partial charge is 0.222 e. The zero-order valence-electron chi connectivity index (χ0n) is 12.7. The molecule has 1 atom stereocenters. The van der Waals surface area contributed by atoms with Gasteiger partial charge in [0.2, 0.25) is 5.95 Å². The molecule has 0 radical (unpaired) electrons. The van der Waals surface area contributed by atoms with Crippen LogP contribution in [0, 0.1) is 13.8 Å². The average molecular weight is 298 g/mol. The lowest BCUT2D eigenvalue weighted by Gasteiger charge is -2.25. The SMILES string of the molecule is Cc1cccc([SiH2]C2CCc3nc(N)nc(N)c3C2)c1C. The van der Waals surface area contributed by atoms with Crippen molar-refractivity contribution in [3.8, 4) is 0 Å². The second-order valence-corrected chi connectivity index (χ2v) is 8.39. The van der Waals surface area contributed by atoms with E-state index in [2.05, 4.69) is 42.0 Å². The average Bonchev–Trinajstić information content (AvgIpc) is 2.44. The van der Waals surface area contributed by atoms with E-state index in [9.17, 15) is 0 Å². The molecule has 0 amide bonds. The van der Waals surface area contributed by atoms with Crippen LogP contribution >= 0.6 is 0 Å². The van der Waals surface area contributed by atoms with Gasteiger partial charge in [-0.1, -0.05) is 23.4 Å². The molecule has 1 heterocycles. The van der Waals surface area contributed by atoms with Crippen molar-refractivity contribution in [2.75, 3.05) is 11.5 Å². The molecular formula is C16H22N4Si. The fraction of sp³-hybridized carbons (Fsp3) is 0.375. The molecule has 0 aliphatic heterocycles. The Morgan fingerprint density at radius 3 is 2.81 bits per heavy atom. The van der Waals surface area contributed by atoms with Crippen molar-refractivity contribution in [1.82, 2.24) is 9.97 Å². The molecule has 1 unspecified atom stereocenters. The highest BCUT2D eigenvalue weighted by molar-refractivity contribution is 6.55. The molecule has 4 nitrogen and oxygen atoms in total. The number of benzene rings is 1. The molecule has 3 rings (SSSR count). The van der Waals surface area contributed by atoms with Gasteiger partial charge in [0, 0.05) is 5.56 Å². The van der Waals surface area contributed by atoms with Crippen LogP contribution in [-0.4, -0.2) is 19.5 Å². The molecule has 1 aromatic heterocycles. The van der Waals surface area contributed by atoms with Crippen molar-refractivity contribution in [1.29, 1.82) is 0 Å². The summed E-state index contributed by atoms with van der Waals surface area (Å²) in [5.41, 5.74) is 17.5. The number of anilines is 2. The number of nitrogen functional groups attached to an aromatic ring is 2. The van der Waals surface area contributed by atoms with Crippen LogP contribution in [0.1, 0.15) is 28.8 Å². The molecule has 4 N–H and O–H groups in total. The van der Waals surface area contributed by atoms with E-state index in [1.165, 1.54) is 17.5 Å². The summed E-state index contributed by atoms with van der Waals surface area (Å²) in [4.78, 5) is 8.47. The lowest BCUT2D eigenvalue weighted by molar-refractivity contribution is 0.661. The molecular weight excluding hydrogens is 276 g/mol. The first-order valence-corrected chi connectivity index (χ1v) is 9.02. The molecule has 5 heteroatoms. The largest absolute Gasteiger partial charge is 0.383 e. The Labute approximate surface area is 127 Å². The summed E-state index contributed by atoms with van der Waals surface area (Å²) in [6.07, 6.45) is 3.19. The number of hydrogen-bond donors (Lipinski definition) is 2. The van der Waals surface area contributed by atoms with Gasteiger partial charge in [-0.05, 0) is 49.8 Å². The van der Waals surface area contributed by atoms with Crippen LogP contribution in [0.4, 0.5) is 11.8 Å². The van der Waals surface area contributed by atoms with Gasteiger partial charge in [-0.25, -0.2) is 4.98 Å². The zero-order chi connectivity index (χ0) is 15.0. The predicted molar refractivity (Wildman–Crippen MR) is 90.7 cm³/mol. The van der Waals surface area contributed by atoms with E-state index in [0.717, 1.165) is 29.6 Å². The summed E-state index contributed by atoms with van der Waals surface area (Å²) in [5, 5.41) is 1.58. The van der Waals surface area contributed by atoms with Crippen LogP contribution in [0.15, 0.2) is 18.2 Å². The Morgan fingerprint density at radius 1 is 1.19 bits per heavy atom. The van der Waals surface area contributed by atoms with Gasteiger partial charge < -0.3 is 11.5 Å². The molecule has 0 saturated heterocycles. The molecule has 2 aromatic rings. The molecule has 0 bridgehead atoms. The van der Waals surface area contributed by atoms with Crippen LogP contribution in [0.25, 0.3) is 0 Å². The van der Waals surface area contributed by atoms with E-state index >= 15 is 0 Å². The molecule has 1 aliphatic rings.